The molecule has 0 spiro atoms. The van der Waals surface area contributed by atoms with Gasteiger partial charge < -0.3 is 14.6 Å². The number of rotatable bonds is 6. The van der Waals surface area contributed by atoms with Crippen LogP contribution in [-0.2, 0) is 28.7 Å². The number of esters is 2. The number of Topliss-reactive ketones (excluding diaryl/α,β-unsaturated/α-hetero) is 1. The molecule has 1 heterocycles. The Labute approximate surface area is 231 Å². The Balaban J connectivity index is 1.57. The van der Waals surface area contributed by atoms with Crippen molar-refractivity contribution in [3.05, 3.63) is 23.8 Å². The number of carbonyl (C=O) groups excluding carboxylic acids is 4. The number of aliphatic hydroxyl groups is 1. The standard InChI is InChI=1S/C29H36F2O7S/c1-5-24(35)38-29(23(34)14-39-21-7-9-37-25(21)36)15(2)10-17-18-12-20(30)19-11-16(32)6-8-26(19,3)28(18,31)22(33)13-27(17,29)4/h6,8,11,15,17-18,20-22,33H,5,7,9-10,12-14H2,1-4H3/t15?,17-,18-,20?,21?,22?,26-,27-,28-,29-/m0/s1. The molecule has 214 valence electrons. The molecule has 3 saturated carbocycles. The number of thioether (sulfide) groups is 1. The summed E-state index contributed by atoms with van der Waals surface area (Å²) in [5.74, 6) is -4.02. The molecular weight excluding hydrogens is 530 g/mol. The molecular formula is C29H36F2O7S. The number of ketones is 2. The third kappa shape index (κ3) is 3.76. The van der Waals surface area contributed by atoms with Gasteiger partial charge in [0.1, 0.15) is 11.4 Å². The number of carbonyl (C=O) groups is 4. The van der Waals surface area contributed by atoms with Crippen molar-refractivity contribution < 1.29 is 42.5 Å². The van der Waals surface area contributed by atoms with E-state index >= 15 is 8.78 Å². The van der Waals surface area contributed by atoms with E-state index in [-0.39, 0.29) is 37.2 Å². The van der Waals surface area contributed by atoms with Gasteiger partial charge in [0, 0.05) is 35.5 Å². The molecule has 10 heteroatoms. The van der Waals surface area contributed by atoms with E-state index in [0.29, 0.717) is 12.8 Å². The smallest absolute Gasteiger partial charge is 0.319 e. The van der Waals surface area contributed by atoms with E-state index in [1.165, 1.54) is 19.1 Å². The molecule has 7 nitrogen and oxygen atoms in total. The normalized spacial score (nSPS) is 46.6. The highest BCUT2D eigenvalue weighted by atomic mass is 32.2. The predicted octanol–water partition coefficient (Wildman–Crippen LogP) is 3.86. The van der Waals surface area contributed by atoms with E-state index in [2.05, 4.69) is 0 Å². The van der Waals surface area contributed by atoms with Crippen LogP contribution in [0.1, 0.15) is 59.8 Å². The molecule has 0 aromatic carbocycles. The summed E-state index contributed by atoms with van der Waals surface area (Å²) in [6.07, 6.45) is 0.870. The number of hydrogen-bond donors (Lipinski definition) is 1. The Morgan fingerprint density at radius 1 is 1.23 bits per heavy atom. The van der Waals surface area contributed by atoms with Gasteiger partial charge in [0.2, 0.25) is 0 Å². The number of aliphatic hydroxyl groups excluding tert-OH is 1. The minimum Gasteiger partial charge on any atom is -0.465 e. The number of cyclic esters (lactones) is 1. The zero-order chi connectivity index (χ0) is 28.5. The quantitative estimate of drug-likeness (QED) is 0.483. The van der Waals surface area contributed by atoms with Crippen LogP contribution in [0.4, 0.5) is 8.78 Å². The lowest BCUT2D eigenvalue weighted by Gasteiger charge is -2.63. The first-order chi connectivity index (χ1) is 18.3. The molecule has 5 aliphatic rings. The summed E-state index contributed by atoms with van der Waals surface area (Å²) in [7, 11) is 0. The van der Waals surface area contributed by atoms with Crippen molar-refractivity contribution in [3.63, 3.8) is 0 Å². The summed E-state index contributed by atoms with van der Waals surface area (Å²) in [5, 5.41) is 11.1. The monoisotopic (exact) mass is 566 g/mol. The Morgan fingerprint density at radius 3 is 2.59 bits per heavy atom. The van der Waals surface area contributed by atoms with Gasteiger partial charge in [-0.25, -0.2) is 8.78 Å². The second kappa shape index (κ2) is 9.50. The molecule has 1 saturated heterocycles. The fourth-order valence-electron chi connectivity index (χ4n) is 8.56. The molecule has 0 aromatic rings. The van der Waals surface area contributed by atoms with Crippen LogP contribution in [0.2, 0.25) is 0 Å². The predicted molar refractivity (Wildman–Crippen MR) is 139 cm³/mol. The van der Waals surface area contributed by atoms with Gasteiger partial charge in [0.05, 0.1) is 18.5 Å². The maximum Gasteiger partial charge on any atom is 0.319 e. The molecule has 39 heavy (non-hydrogen) atoms. The van der Waals surface area contributed by atoms with Crippen LogP contribution in [0.25, 0.3) is 0 Å². The Morgan fingerprint density at radius 2 is 1.95 bits per heavy atom. The van der Waals surface area contributed by atoms with E-state index < -0.39 is 80.9 Å². The van der Waals surface area contributed by atoms with Gasteiger partial charge in [-0.3, -0.25) is 19.2 Å². The minimum absolute atomic E-state index is 0.0151. The molecule has 0 bridgehead atoms. The fraction of sp³-hybridized carbons (Fsp3) is 0.724. The van der Waals surface area contributed by atoms with E-state index in [0.717, 1.165) is 17.8 Å². The maximum atomic E-state index is 17.5. The summed E-state index contributed by atoms with van der Waals surface area (Å²) >= 11 is 1.14. The minimum atomic E-state index is -2.29. The topological polar surface area (TPSA) is 107 Å². The van der Waals surface area contributed by atoms with Crippen molar-refractivity contribution in [3.8, 4) is 0 Å². The van der Waals surface area contributed by atoms with Crippen LogP contribution in [0.3, 0.4) is 0 Å². The Hall–Kier alpha value is -2.07. The van der Waals surface area contributed by atoms with Crippen molar-refractivity contribution in [1.29, 1.82) is 0 Å². The number of allylic oxidation sites excluding steroid dienone is 4. The average molecular weight is 567 g/mol. The number of hydrogen-bond acceptors (Lipinski definition) is 8. The maximum absolute atomic E-state index is 17.5. The van der Waals surface area contributed by atoms with Crippen molar-refractivity contribution in [2.75, 3.05) is 12.4 Å². The summed E-state index contributed by atoms with van der Waals surface area (Å²) in [6.45, 7) is 6.96. The van der Waals surface area contributed by atoms with Crippen LogP contribution in [0.15, 0.2) is 23.8 Å². The van der Waals surface area contributed by atoms with Gasteiger partial charge in [-0.2, -0.15) is 0 Å². The summed E-state index contributed by atoms with van der Waals surface area (Å²) in [4.78, 5) is 51.0. The highest BCUT2D eigenvalue weighted by Gasteiger charge is 2.78. The molecule has 0 radical (unpaired) electrons. The zero-order valence-corrected chi connectivity index (χ0v) is 23.5. The number of fused-ring (bicyclic) bond motifs is 5. The molecule has 0 aromatic heterocycles. The van der Waals surface area contributed by atoms with Crippen molar-refractivity contribution in [2.24, 2.45) is 28.6 Å². The Bertz CT molecular complexity index is 1170. The van der Waals surface area contributed by atoms with E-state index in [9.17, 15) is 24.3 Å². The average Bonchev–Trinajstić information content (AvgIpc) is 3.39. The van der Waals surface area contributed by atoms with Crippen molar-refractivity contribution >= 4 is 35.3 Å². The van der Waals surface area contributed by atoms with Gasteiger partial charge >= 0.3 is 11.9 Å². The lowest BCUT2D eigenvalue weighted by Crippen LogP contribution is -2.71. The fourth-order valence-corrected chi connectivity index (χ4v) is 9.59. The summed E-state index contributed by atoms with van der Waals surface area (Å²) < 4.78 is 44.3. The van der Waals surface area contributed by atoms with Crippen molar-refractivity contribution in [1.82, 2.24) is 0 Å². The Kier molecular flexibility index (Phi) is 6.93. The molecule has 1 N–H and O–H groups in total. The van der Waals surface area contributed by atoms with Crippen molar-refractivity contribution in [2.45, 2.75) is 88.6 Å². The van der Waals surface area contributed by atoms with E-state index in [4.69, 9.17) is 9.47 Å². The largest absolute Gasteiger partial charge is 0.465 e. The number of halogens is 2. The molecule has 10 atom stereocenters. The molecule has 0 amide bonds. The van der Waals surface area contributed by atoms with E-state index in [1.807, 2.05) is 0 Å². The van der Waals surface area contributed by atoms with Gasteiger partial charge in [-0.1, -0.05) is 26.8 Å². The van der Waals surface area contributed by atoms with Gasteiger partial charge in [0.15, 0.2) is 22.8 Å². The lowest BCUT2D eigenvalue weighted by molar-refractivity contribution is -0.230. The van der Waals surface area contributed by atoms with E-state index in [1.54, 1.807) is 20.8 Å². The first-order valence-corrected chi connectivity index (χ1v) is 14.8. The molecule has 4 fully saturated rings. The van der Waals surface area contributed by atoms with Crippen LogP contribution in [-0.4, -0.2) is 69.8 Å². The number of ether oxygens (including phenoxy) is 2. The second-order valence-electron chi connectivity index (χ2n) is 12.2. The summed E-state index contributed by atoms with van der Waals surface area (Å²) in [5.41, 5.74) is -6.66. The highest BCUT2D eigenvalue weighted by molar-refractivity contribution is 8.01. The third-order valence-corrected chi connectivity index (χ3v) is 11.7. The van der Waals surface area contributed by atoms with Crippen LogP contribution in [0, 0.1) is 28.6 Å². The molecule has 5 rings (SSSR count). The lowest BCUT2D eigenvalue weighted by atomic mass is 9.44. The number of alkyl halides is 2. The molecule has 4 unspecified atom stereocenters. The second-order valence-corrected chi connectivity index (χ2v) is 13.4. The summed E-state index contributed by atoms with van der Waals surface area (Å²) in [6, 6.07) is 0. The van der Waals surface area contributed by atoms with Crippen LogP contribution < -0.4 is 0 Å². The van der Waals surface area contributed by atoms with Gasteiger partial charge in [-0.15, -0.1) is 11.8 Å². The van der Waals surface area contributed by atoms with Gasteiger partial charge in [-0.05, 0) is 49.8 Å². The first kappa shape index (κ1) is 28.5. The zero-order valence-electron chi connectivity index (χ0n) is 22.7. The third-order valence-electron chi connectivity index (χ3n) is 10.4. The molecule has 4 aliphatic carbocycles. The van der Waals surface area contributed by atoms with Gasteiger partial charge in [0.25, 0.3) is 0 Å². The first-order valence-electron chi connectivity index (χ1n) is 13.8. The molecule has 1 aliphatic heterocycles. The van der Waals surface area contributed by atoms with Crippen LogP contribution in [0.5, 0.6) is 0 Å². The van der Waals surface area contributed by atoms with Crippen LogP contribution >= 0.6 is 11.8 Å². The SMILES string of the molecule is CCC(=O)O[C@]1(C(=O)CSC2CCOC2=O)C(C)C[C@H]2[C@@H]3CC(F)C4=CC(=O)C=C[C@]4(C)[C@@]3(F)C(O)C[C@@]21C. The highest BCUT2D eigenvalue weighted by Crippen LogP contribution is 2.71.